The second-order valence-corrected chi connectivity index (χ2v) is 8.18. The van der Waals surface area contributed by atoms with Crippen molar-refractivity contribution in [1.82, 2.24) is 10.2 Å². The molecule has 2 amide bonds. The monoisotopic (exact) mass is 450 g/mol. The molecule has 0 spiro atoms. The van der Waals surface area contributed by atoms with Crippen LogP contribution in [0, 0.1) is 0 Å². The van der Waals surface area contributed by atoms with Crippen molar-refractivity contribution in [2.24, 2.45) is 0 Å². The van der Waals surface area contributed by atoms with E-state index < -0.39 is 6.04 Å². The molecule has 30 heavy (non-hydrogen) atoms. The molecule has 2 aromatic carbocycles. The minimum absolute atomic E-state index is 0.169. The first-order chi connectivity index (χ1) is 14.2. The maximum absolute atomic E-state index is 13.0. The van der Waals surface area contributed by atoms with E-state index in [1.165, 1.54) is 10.5 Å². The highest BCUT2D eigenvalue weighted by Crippen LogP contribution is 2.23. The first-order valence-corrected chi connectivity index (χ1v) is 10.7. The summed E-state index contributed by atoms with van der Waals surface area (Å²) >= 11 is 12.3. The van der Waals surface area contributed by atoms with Crippen molar-refractivity contribution in [3.63, 3.8) is 0 Å². The minimum Gasteiger partial charge on any atom is -0.484 e. The third-order valence-electron chi connectivity index (χ3n) is 4.78. The van der Waals surface area contributed by atoms with E-state index in [1.54, 1.807) is 25.1 Å². The number of carbonyl (C=O) groups excluding carboxylic acids is 2. The van der Waals surface area contributed by atoms with Crippen molar-refractivity contribution in [2.45, 2.75) is 46.2 Å². The van der Waals surface area contributed by atoms with Crippen LogP contribution in [0.5, 0.6) is 5.75 Å². The number of halogens is 2. The molecule has 162 valence electrons. The summed E-state index contributed by atoms with van der Waals surface area (Å²) in [5.74, 6) is 0.464. The summed E-state index contributed by atoms with van der Waals surface area (Å²) in [6.07, 6.45) is 0. The van der Waals surface area contributed by atoms with E-state index in [2.05, 4.69) is 19.2 Å². The number of benzene rings is 2. The van der Waals surface area contributed by atoms with Crippen LogP contribution in [0.4, 0.5) is 0 Å². The van der Waals surface area contributed by atoms with Crippen LogP contribution in [-0.4, -0.2) is 35.9 Å². The normalized spacial score (nSPS) is 11.8. The zero-order valence-electron chi connectivity index (χ0n) is 17.7. The molecule has 1 N–H and O–H groups in total. The van der Waals surface area contributed by atoms with Gasteiger partial charge >= 0.3 is 0 Å². The predicted molar refractivity (Wildman–Crippen MR) is 121 cm³/mol. The molecule has 2 aromatic rings. The van der Waals surface area contributed by atoms with Crippen LogP contribution < -0.4 is 10.1 Å². The predicted octanol–water partition coefficient (Wildman–Crippen LogP) is 5.05. The summed E-state index contributed by atoms with van der Waals surface area (Å²) in [4.78, 5) is 26.8. The molecule has 0 aliphatic rings. The fraction of sp³-hybridized carbons (Fsp3) is 0.391. The highest BCUT2D eigenvalue weighted by Gasteiger charge is 2.26. The first kappa shape index (κ1) is 24.0. The van der Waals surface area contributed by atoms with Crippen molar-refractivity contribution in [3.05, 3.63) is 63.6 Å². The van der Waals surface area contributed by atoms with Gasteiger partial charge in [-0.3, -0.25) is 9.59 Å². The lowest BCUT2D eigenvalue weighted by atomic mass is 10.0. The molecule has 0 aromatic heterocycles. The molecule has 1 atom stereocenters. The third kappa shape index (κ3) is 6.64. The molecule has 0 radical (unpaired) electrons. The number of nitrogens with one attached hydrogen (secondary N) is 1. The molecule has 7 heteroatoms. The maximum Gasteiger partial charge on any atom is 0.261 e. The molecule has 0 heterocycles. The Morgan fingerprint density at radius 2 is 1.73 bits per heavy atom. The lowest BCUT2D eigenvalue weighted by molar-refractivity contribution is -0.142. The fourth-order valence-corrected chi connectivity index (χ4v) is 3.38. The van der Waals surface area contributed by atoms with Gasteiger partial charge in [-0.2, -0.15) is 0 Å². The first-order valence-electron chi connectivity index (χ1n) is 9.96. The lowest BCUT2D eigenvalue weighted by Gasteiger charge is -2.29. The summed E-state index contributed by atoms with van der Waals surface area (Å²) in [6, 6.07) is 12.0. The van der Waals surface area contributed by atoms with Crippen LogP contribution in [0.2, 0.25) is 10.0 Å². The van der Waals surface area contributed by atoms with E-state index in [0.29, 0.717) is 33.8 Å². The molecule has 0 aliphatic carbocycles. The van der Waals surface area contributed by atoms with Crippen LogP contribution in [0.1, 0.15) is 44.7 Å². The molecule has 5 nitrogen and oxygen atoms in total. The third-order valence-corrected chi connectivity index (χ3v) is 5.37. The van der Waals surface area contributed by atoms with Crippen LogP contribution in [0.15, 0.2) is 42.5 Å². The van der Waals surface area contributed by atoms with Gasteiger partial charge in [0.15, 0.2) is 6.61 Å². The van der Waals surface area contributed by atoms with Gasteiger partial charge in [0.25, 0.3) is 5.91 Å². The molecule has 2 rings (SSSR count). The Bertz CT molecular complexity index is 869. The second kappa shape index (κ2) is 11.2. The van der Waals surface area contributed by atoms with Gasteiger partial charge in [0.1, 0.15) is 11.8 Å². The molecule has 0 aliphatic heterocycles. The van der Waals surface area contributed by atoms with E-state index in [4.69, 9.17) is 27.9 Å². The Morgan fingerprint density at radius 1 is 1.07 bits per heavy atom. The van der Waals surface area contributed by atoms with Gasteiger partial charge in [0, 0.05) is 23.1 Å². The Morgan fingerprint density at radius 3 is 2.30 bits per heavy atom. The smallest absolute Gasteiger partial charge is 0.261 e. The van der Waals surface area contributed by atoms with E-state index in [9.17, 15) is 9.59 Å². The molecular weight excluding hydrogens is 423 g/mol. The number of carbonyl (C=O) groups is 2. The van der Waals surface area contributed by atoms with Crippen LogP contribution in [-0.2, 0) is 16.1 Å². The summed E-state index contributed by atoms with van der Waals surface area (Å²) in [5.41, 5.74) is 1.89. The second-order valence-electron chi connectivity index (χ2n) is 7.34. The maximum atomic E-state index is 13.0. The number of hydrogen-bond donors (Lipinski definition) is 1. The molecular formula is C23H28Cl2N2O3. The molecule has 1 unspecified atom stereocenters. The van der Waals surface area contributed by atoms with Crippen molar-refractivity contribution in [2.75, 3.05) is 13.2 Å². The summed E-state index contributed by atoms with van der Waals surface area (Å²) in [6.45, 7) is 8.20. The van der Waals surface area contributed by atoms with Gasteiger partial charge in [-0.15, -0.1) is 0 Å². The van der Waals surface area contributed by atoms with Gasteiger partial charge in [0.05, 0.1) is 0 Å². The van der Waals surface area contributed by atoms with Gasteiger partial charge in [-0.25, -0.2) is 0 Å². The van der Waals surface area contributed by atoms with E-state index >= 15 is 0 Å². The zero-order chi connectivity index (χ0) is 22.3. The fourth-order valence-electron chi connectivity index (χ4n) is 2.91. The summed E-state index contributed by atoms with van der Waals surface area (Å²) < 4.78 is 5.68. The van der Waals surface area contributed by atoms with Crippen LogP contribution >= 0.6 is 23.2 Å². The van der Waals surface area contributed by atoms with Crippen LogP contribution in [0.3, 0.4) is 0 Å². The average Bonchev–Trinajstić information content (AvgIpc) is 2.71. The van der Waals surface area contributed by atoms with Gasteiger partial charge in [0.2, 0.25) is 5.91 Å². The number of ether oxygens (including phenoxy) is 1. The summed E-state index contributed by atoms with van der Waals surface area (Å²) in [5, 5.41) is 3.70. The largest absolute Gasteiger partial charge is 0.484 e. The number of likely N-dealkylation sites (N-methyl/N-ethyl adjacent to an activating group) is 1. The standard InChI is InChI=1S/C23H28Cl2N2O3/c1-5-26-23(29)16(4)27(13-18-6-9-19(24)12-21(18)25)22(28)14-30-20-10-7-17(8-11-20)15(2)3/h6-12,15-16H,5,13-14H2,1-4H3,(H,26,29). The van der Waals surface area contributed by atoms with Crippen molar-refractivity contribution in [1.29, 1.82) is 0 Å². The average molecular weight is 451 g/mol. The quantitative estimate of drug-likeness (QED) is 0.581. The zero-order valence-corrected chi connectivity index (χ0v) is 19.3. The number of hydrogen-bond acceptors (Lipinski definition) is 3. The van der Waals surface area contributed by atoms with E-state index in [-0.39, 0.29) is 25.0 Å². The number of nitrogens with zero attached hydrogens (tertiary/aromatic N) is 1. The van der Waals surface area contributed by atoms with Gasteiger partial charge in [-0.1, -0.05) is 55.2 Å². The van der Waals surface area contributed by atoms with Crippen molar-refractivity contribution >= 4 is 35.0 Å². The van der Waals surface area contributed by atoms with Crippen molar-refractivity contribution < 1.29 is 14.3 Å². The molecule has 0 saturated carbocycles. The minimum atomic E-state index is -0.684. The number of rotatable bonds is 9. The highest BCUT2D eigenvalue weighted by molar-refractivity contribution is 6.35. The molecule has 0 saturated heterocycles. The van der Waals surface area contributed by atoms with Gasteiger partial charge < -0.3 is 15.0 Å². The Labute approximate surface area is 188 Å². The lowest BCUT2D eigenvalue weighted by Crippen LogP contribution is -2.49. The Hall–Kier alpha value is -2.24. The topological polar surface area (TPSA) is 58.6 Å². The van der Waals surface area contributed by atoms with Gasteiger partial charge in [-0.05, 0) is 55.2 Å². The number of amides is 2. The molecule has 0 bridgehead atoms. The Balaban J connectivity index is 2.15. The highest BCUT2D eigenvalue weighted by atomic mass is 35.5. The summed E-state index contributed by atoms with van der Waals surface area (Å²) in [7, 11) is 0. The SMILES string of the molecule is CCNC(=O)C(C)N(Cc1ccc(Cl)cc1Cl)C(=O)COc1ccc(C(C)C)cc1. The van der Waals surface area contributed by atoms with E-state index in [1.807, 2.05) is 31.2 Å². The van der Waals surface area contributed by atoms with Crippen molar-refractivity contribution in [3.8, 4) is 5.75 Å². The molecule has 0 fully saturated rings. The van der Waals surface area contributed by atoms with Crippen LogP contribution in [0.25, 0.3) is 0 Å². The van der Waals surface area contributed by atoms with E-state index in [0.717, 1.165) is 0 Å². The Kier molecular flexibility index (Phi) is 9.00.